The number of hydrogen-bond acceptors (Lipinski definition) is 4. The molecule has 6 nitrogen and oxygen atoms in total. The number of esters is 1. The smallest absolute Gasteiger partial charge is 0.325 e. The molecule has 1 aliphatic rings. The maximum absolute atomic E-state index is 14.2. The molecule has 4 rings (SSSR count). The highest BCUT2D eigenvalue weighted by Crippen LogP contribution is 2.36. The van der Waals surface area contributed by atoms with Gasteiger partial charge in [0.05, 0.1) is 17.1 Å². The average Bonchev–Trinajstić information content (AvgIpc) is 3.06. The van der Waals surface area contributed by atoms with Crippen molar-refractivity contribution in [2.75, 3.05) is 13.2 Å². The standard InChI is InChI=1S/C25H26ClFN2O4/c1-3-32-24(31)13-29-21-9-8-17(12-18(21)19-10-16(27)11-20(26)25(19)29)28-23(30)14-33-22-7-5-4-6-15(22)2/h4-7,10-11,17H,3,8-9,12-14H2,1-2H3,(H,28,30). The van der Waals surface area contributed by atoms with Gasteiger partial charge in [-0.15, -0.1) is 0 Å². The van der Waals surface area contributed by atoms with Crippen LogP contribution in [-0.2, 0) is 33.7 Å². The number of rotatable bonds is 7. The third-order valence-electron chi connectivity index (χ3n) is 5.89. The highest BCUT2D eigenvalue weighted by Gasteiger charge is 2.28. The van der Waals surface area contributed by atoms with Crippen molar-refractivity contribution in [3.8, 4) is 5.75 Å². The van der Waals surface area contributed by atoms with E-state index in [-0.39, 0.29) is 42.7 Å². The Labute approximate surface area is 196 Å². The van der Waals surface area contributed by atoms with Gasteiger partial charge in [-0.3, -0.25) is 9.59 Å². The molecule has 174 valence electrons. The van der Waals surface area contributed by atoms with Gasteiger partial charge in [0.1, 0.15) is 18.1 Å². The predicted molar refractivity (Wildman–Crippen MR) is 124 cm³/mol. The van der Waals surface area contributed by atoms with E-state index in [1.807, 2.05) is 35.8 Å². The monoisotopic (exact) mass is 472 g/mol. The van der Waals surface area contributed by atoms with Crippen LogP contribution in [0.3, 0.4) is 0 Å². The summed E-state index contributed by atoms with van der Waals surface area (Å²) in [6.45, 7) is 3.87. The first-order valence-corrected chi connectivity index (χ1v) is 11.4. The Morgan fingerprint density at radius 1 is 1.27 bits per heavy atom. The zero-order valence-electron chi connectivity index (χ0n) is 18.6. The van der Waals surface area contributed by atoms with Gasteiger partial charge in [0.15, 0.2) is 6.61 Å². The summed E-state index contributed by atoms with van der Waals surface area (Å²) in [7, 11) is 0. The Bertz CT molecular complexity index is 1210. The van der Waals surface area contributed by atoms with E-state index in [9.17, 15) is 14.0 Å². The molecule has 0 saturated heterocycles. The fourth-order valence-electron chi connectivity index (χ4n) is 4.46. The largest absolute Gasteiger partial charge is 0.484 e. The minimum Gasteiger partial charge on any atom is -0.484 e. The summed E-state index contributed by atoms with van der Waals surface area (Å²) in [5, 5.41) is 3.93. The first-order valence-electron chi connectivity index (χ1n) is 11.0. The second-order valence-electron chi connectivity index (χ2n) is 8.16. The minimum absolute atomic E-state index is 0.00627. The van der Waals surface area contributed by atoms with Crippen molar-refractivity contribution >= 4 is 34.4 Å². The van der Waals surface area contributed by atoms with Crippen LogP contribution in [0, 0.1) is 12.7 Å². The number of amides is 1. The lowest BCUT2D eigenvalue weighted by molar-refractivity contribution is -0.143. The van der Waals surface area contributed by atoms with Crippen LogP contribution >= 0.6 is 11.6 Å². The third-order valence-corrected chi connectivity index (χ3v) is 6.18. The summed E-state index contributed by atoms with van der Waals surface area (Å²) in [6, 6.07) is 10.1. The van der Waals surface area contributed by atoms with Crippen LogP contribution in [0.1, 0.15) is 30.2 Å². The Hall–Kier alpha value is -3.06. The summed E-state index contributed by atoms with van der Waals surface area (Å²) in [6.07, 6.45) is 1.81. The Morgan fingerprint density at radius 2 is 2.06 bits per heavy atom. The lowest BCUT2D eigenvalue weighted by Crippen LogP contribution is -2.41. The molecule has 1 aromatic heterocycles. The van der Waals surface area contributed by atoms with Gasteiger partial charge in [-0.05, 0) is 62.4 Å². The van der Waals surface area contributed by atoms with Crippen molar-refractivity contribution in [2.24, 2.45) is 0 Å². The van der Waals surface area contributed by atoms with E-state index < -0.39 is 5.82 Å². The topological polar surface area (TPSA) is 69.6 Å². The molecule has 1 unspecified atom stereocenters. The van der Waals surface area contributed by atoms with Crippen molar-refractivity contribution in [3.05, 3.63) is 64.1 Å². The number of nitrogens with one attached hydrogen (secondary N) is 1. The van der Waals surface area contributed by atoms with Gasteiger partial charge in [0, 0.05) is 17.1 Å². The van der Waals surface area contributed by atoms with E-state index in [1.54, 1.807) is 6.92 Å². The van der Waals surface area contributed by atoms with Gasteiger partial charge in [-0.25, -0.2) is 4.39 Å². The third kappa shape index (κ3) is 4.98. The average molecular weight is 473 g/mol. The van der Waals surface area contributed by atoms with Crippen molar-refractivity contribution in [1.82, 2.24) is 9.88 Å². The van der Waals surface area contributed by atoms with Crippen LogP contribution in [0.15, 0.2) is 36.4 Å². The molecule has 0 spiro atoms. The first kappa shape index (κ1) is 23.1. The number of halogens is 2. The lowest BCUT2D eigenvalue weighted by atomic mass is 9.91. The molecule has 33 heavy (non-hydrogen) atoms. The zero-order valence-corrected chi connectivity index (χ0v) is 19.4. The molecular weight excluding hydrogens is 447 g/mol. The van der Waals surface area contributed by atoms with Crippen LogP contribution < -0.4 is 10.1 Å². The van der Waals surface area contributed by atoms with Crippen molar-refractivity contribution < 1.29 is 23.5 Å². The molecule has 1 N–H and O–H groups in total. The van der Waals surface area contributed by atoms with Gasteiger partial charge in [-0.1, -0.05) is 29.8 Å². The number of para-hydroxylation sites is 1. The molecule has 0 radical (unpaired) electrons. The highest BCUT2D eigenvalue weighted by molar-refractivity contribution is 6.35. The maximum atomic E-state index is 14.2. The molecule has 2 aromatic carbocycles. The number of hydrogen-bond donors (Lipinski definition) is 1. The number of aryl methyl sites for hydroxylation is 1. The van der Waals surface area contributed by atoms with Gasteiger partial charge in [0.2, 0.25) is 0 Å². The molecule has 8 heteroatoms. The van der Waals surface area contributed by atoms with E-state index in [2.05, 4.69) is 5.32 Å². The van der Waals surface area contributed by atoms with Gasteiger partial charge in [0.25, 0.3) is 5.91 Å². The molecular formula is C25H26ClFN2O4. The zero-order chi connectivity index (χ0) is 23.5. The molecule has 0 fully saturated rings. The molecule has 0 aliphatic heterocycles. The molecule has 0 bridgehead atoms. The van der Waals surface area contributed by atoms with Crippen LogP contribution in [0.25, 0.3) is 10.9 Å². The summed E-state index contributed by atoms with van der Waals surface area (Å²) in [4.78, 5) is 24.7. The Balaban J connectivity index is 1.53. The van der Waals surface area contributed by atoms with Crippen LogP contribution in [0.5, 0.6) is 5.75 Å². The van der Waals surface area contributed by atoms with E-state index in [4.69, 9.17) is 21.1 Å². The highest BCUT2D eigenvalue weighted by atomic mass is 35.5. The molecule has 1 atom stereocenters. The van der Waals surface area contributed by atoms with E-state index in [1.165, 1.54) is 12.1 Å². The number of ether oxygens (including phenoxy) is 2. The molecule has 1 amide bonds. The molecule has 0 saturated carbocycles. The lowest BCUT2D eigenvalue weighted by Gasteiger charge is -2.25. The molecule has 1 aliphatic carbocycles. The SMILES string of the molecule is CCOC(=O)Cn1c2c(c3cc(F)cc(Cl)c31)CC(NC(=O)COc1ccccc1C)CC2. The second kappa shape index (κ2) is 9.83. The van der Waals surface area contributed by atoms with Crippen LogP contribution in [0.2, 0.25) is 5.02 Å². The summed E-state index contributed by atoms with van der Waals surface area (Å²) in [5.74, 6) is -0.361. The first-order chi connectivity index (χ1) is 15.9. The number of carbonyl (C=O) groups excluding carboxylic acids is 2. The van der Waals surface area contributed by atoms with Gasteiger partial charge >= 0.3 is 5.97 Å². The Kier molecular flexibility index (Phi) is 6.88. The number of aromatic nitrogens is 1. The van der Waals surface area contributed by atoms with Crippen LogP contribution in [-0.4, -0.2) is 35.7 Å². The Morgan fingerprint density at radius 3 is 2.82 bits per heavy atom. The number of nitrogens with zero attached hydrogens (tertiary/aromatic N) is 1. The fourth-order valence-corrected chi connectivity index (χ4v) is 4.77. The van der Waals surface area contributed by atoms with Crippen molar-refractivity contribution in [2.45, 2.75) is 45.7 Å². The van der Waals surface area contributed by atoms with Gasteiger partial charge in [-0.2, -0.15) is 0 Å². The summed E-state index contributed by atoms with van der Waals surface area (Å²) < 4.78 is 26.8. The van der Waals surface area contributed by atoms with E-state index >= 15 is 0 Å². The number of carbonyl (C=O) groups is 2. The maximum Gasteiger partial charge on any atom is 0.325 e. The van der Waals surface area contributed by atoms with Crippen molar-refractivity contribution in [3.63, 3.8) is 0 Å². The second-order valence-corrected chi connectivity index (χ2v) is 8.57. The van der Waals surface area contributed by atoms with Crippen molar-refractivity contribution in [1.29, 1.82) is 0 Å². The fraction of sp³-hybridized carbons (Fsp3) is 0.360. The molecule has 3 aromatic rings. The van der Waals surface area contributed by atoms with Crippen LogP contribution in [0.4, 0.5) is 4.39 Å². The normalized spacial score (nSPS) is 15.2. The predicted octanol–water partition coefficient (Wildman–Crippen LogP) is 4.36. The quantitative estimate of drug-likeness (QED) is 0.519. The van der Waals surface area contributed by atoms with Gasteiger partial charge < -0.3 is 19.4 Å². The summed E-state index contributed by atoms with van der Waals surface area (Å²) >= 11 is 6.38. The summed E-state index contributed by atoms with van der Waals surface area (Å²) in [5.41, 5.74) is 3.39. The van der Waals surface area contributed by atoms with E-state index in [0.717, 1.165) is 16.8 Å². The molecule has 1 heterocycles. The van der Waals surface area contributed by atoms with E-state index in [0.29, 0.717) is 35.9 Å². The minimum atomic E-state index is -0.443. The number of fused-ring (bicyclic) bond motifs is 3. The number of benzene rings is 2.